The third-order valence-electron chi connectivity index (χ3n) is 2.86. The minimum absolute atomic E-state index is 0.0397. The quantitative estimate of drug-likeness (QED) is 0.769. The van der Waals surface area contributed by atoms with E-state index in [-0.39, 0.29) is 11.5 Å². The Morgan fingerprint density at radius 3 is 2.18 bits per heavy atom. The van der Waals surface area contributed by atoms with Crippen molar-refractivity contribution in [1.29, 1.82) is 0 Å². The van der Waals surface area contributed by atoms with Gasteiger partial charge in [-0.1, -0.05) is 54.6 Å². The summed E-state index contributed by atoms with van der Waals surface area (Å²) in [6.07, 6.45) is 3.47. The van der Waals surface area contributed by atoms with Crippen molar-refractivity contribution in [3.05, 3.63) is 72.3 Å². The van der Waals surface area contributed by atoms with Gasteiger partial charge in [0.25, 0.3) is 0 Å². The normalized spacial score (nSPS) is 11.5. The van der Waals surface area contributed by atoms with Gasteiger partial charge < -0.3 is 4.74 Å². The SMILES string of the molecule is O=C(CS(=O)(=O)c1ccccc1)OCC=Cc1ccccc1. The van der Waals surface area contributed by atoms with E-state index < -0.39 is 21.6 Å². The molecule has 0 unspecified atom stereocenters. The van der Waals surface area contributed by atoms with Gasteiger partial charge in [0.15, 0.2) is 15.6 Å². The molecule has 114 valence electrons. The average molecular weight is 316 g/mol. The molecule has 0 spiro atoms. The summed E-state index contributed by atoms with van der Waals surface area (Å²) in [6.45, 7) is 0.0397. The van der Waals surface area contributed by atoms with Crippen LogP contribution in [-0.4, -0.2) is 26.7 Å². The summed E-state index contributed by atoms with van der Waals surface area (Å²) in [5.74, 6) is -1.42. The van der Waals surface area contributed by atoms with E-state index in [0.29, 0.717) is 0 Å². The Labute approximate surface area is 130 Å². The maximum Gasteiger partial charge on any atom is 0.321 e. The van der Waals surface area contributed by atoms with Crippen LogP contribution < -0.4 is 0 Å². The van der Waals surface area contributed by atoms with Gasteiger partial charge in [0.05, 0.1) is 4.90 Å². The molecule has 0 aromatic heterocycles. The third kappa shape index (κ3) is 4.86. The van der Waals surface area contributed by atoms with Crippen LogP contribution >= 0.6 is 0 Å². The van der Waals surface area contributed by atoms with E-state index in [9.17, 15) is 13.2 Å². The number of esters is 1. The molecule has 0 bridgehead atoms. The first kappa shape index (κ1) is 16.0. The minimum Gasteiger partial charge on any atom is -0.461 e. The van der Waals surface area contributed by atoms with Crippen LogP contribution in [0.25, 0.3) is 6.08 Å². The molecule has 22 heavy (non-hydrogen) atoms. The fourth-order valence-electron chi connectivity index (χ4n) is 1.80. The Morgan fingerprint density at radius 1 is 0.955 bits per heavy atom. The van der Waals surface area contributed by atoms with E-state index in [1.165, 1.54) is 12.1 Å². The van der Waals surface area contributed by atoms with Crippen molar-refractivity contribution in [3.63, 3.8) is 0 Å². The molecule has 0 heterocycles. The maximum atomic E-state index is 12.0. The number of sulfone groups is 1. The van der Waals surface area contributed by atoms with Crippen molar-refractivity contribution in [2.45, 2.75) is 4.90 Å². The van der Waals surface area contributed by atoms with Gasteiger partial charge in [-0.05, 0) is 23.8 Å². The largest absolute Gasteiger partial charge is 0.461 e. The van der Waals surface area contributed by atoms with E-state index in [1.807, 2.05) is 30.3 Å². The zero-order valence-corrected chi connectivity index (χ0v) is 12.7. The second-order valence-electron chi connectivity index (χ2n) is 4.57. The maximum absolute atomic E-state index is 12.0. The lowest BCUT2D eigenvalue weighted by Gasteiger charge is -2.04. The van der Waals surface area contributed by atoms with Crippen LogP contribution in [0.3, 0.4) is 0 Å². The monoisotopic (exact) mass is 316 g/mol. The first-order valence-corrected chi connectivity index (χ1v) is 8.38. The van der Waals surface area contributed by atoms with E-state index in [4.69, 9.17) is 4.74 Å². The Hall–Kier alpha value is -2.40. The minimum atomic E-state index is -3.65. The highest BCUT2D eigenvalue weighted by Gasteiger charge is 2.19. The van der Waals surface area contributed by atoms with Gasteiger partial charge >= 0.3 is 5.97 Å². The van der Waals surface area contributed by atoms with Gasteiger partial charge in [0.1, 0.15) is 6.61 Å². The van der Waals surface area contributed by atoms with Gasteiger partial charge in [0.2, 0.25) is 0 Å². The lowest BCUT2D eigenvalue weighted by molar-refractivity contribution is -0.139. The third-order valence-corrected chi connectivity index (χ3v) is 4.47. The summed E-state index contributed by atoms with van der Waals surface area (Å²) < 4.78 is 28.9. The van der Waals surface area contributed by atoms with Crippen molar-refractivity contribution in [2.24, 2.45) is 0 Å². The molecule has 0 saturated heterocycles. The molecule has 2 aromatic rings. The van der Waals surface area contributed by atoms with E-state index >= 15 is 0 Å². The van der Waals surface area contributed by atoms with Crippen molar-refractivity contribution in [3.8, 4) is 0 Å². The van der Waals surface area contributed by atoms with Crippen LogP contribution in [0.1, 0.15) is 5.56 Å². The van der Waals surface area contributed by atoms with Crippen LogP contribution in [0.4, 0.5) is 0 Å². The number of ether oxygens (including phenoxy) is 1. The molecule has 0 saturated carbocycles. The smallest absolute Gasteiger partial charge is 0.321 e. The number of carbonyl (C=O) groups excluding carboxylic acids is 1. The van der Waals surface area contributed by atoms with Gasteiger partial charge in [-0.3, -0.25) is 4.79 Å². The summed E-state index contributed by atoms with van der Waals surface area (Å²) in [7, 11) is -3.65. The molecule has 0 atom stereocenters. The molecule has 0 radical (unpaired) electrons. The van der Waals surface area contributed by atoms with E-state index in [0.717, 1.165) is 5.56 Å². The summed E-state index contributed by atoms with van der Waals surface area (Å²) in [6, 6.07) is 17.4. The summed E-state index contributed by atoms with van der Waals surface area (Å²) in [5, 5.41) is 0. The van der Waals surface area contributed by atoms with Crippen LogP contribution in [0, 0.1) is 0 Å². The fraction of sp³-hybridized carbons (Fsp3) is 0.118. The van der Waals surface area contributed by atoms with Gasteiger partial charge in [-0.15, -0.1) is 0 Å². The van der Waals surface area contributed by atoms with Gasteiger partial charge in [0, 0.05) is 0 Å². The predicted molar refractivity (Wildman–Crippen MR) is 84.9 cm³/mol. The summed E-state index contributed by atoms with van der Waals surface area (Å²) in [4.78, 5) is 11.7. The van der Waals surface area contributed by atoms with Crippen LogP contribution in [0.5, 0.6) is 0 Å². The summed E-state index contributed by atoms with van der Waals surface area (Å²) >= 11 is 0. The Bertz CT molecular complexity index is 735. The number of hydrogen-bond donors (Lipinski definition) is 0. The van der Waals surface area contributed by atoms with Crippen LogP contribution in [0.2, 0.25) is 0 Å². The molecular formula is C17H16O4S. The lowest BCUT2D eigenvalue weighted by Crippen LogP contribution is -2.18. The molecule has 0 N–H and O–H groups in total. The summed E-state index contributed by atoms with van der Waals surface area (Å²) in [5.41, 5.74) is 0.982. The van der Waals surface area contributed by atoms with Crippen molar-refractivity contribution in [2.75, 3.05) is 12.4 Å². The molecule has 4 nitrogen and oxygen atoms in total. The number of benzene rings is 2. The number of hydrogen-bond acceptors (Lipinski definition) is 4. The first-order chi connectivity index (χ1) is 10.6. The fourth-order valence-corrected chi connectivity index (χ4v) is 2.93. The second-order valence-corrected chi connectivity index (χ2v) is 6.56. The second kappa shape index (κ2) is 7.56. The molecule has 0 aliphatic heterocycles. The molecular weight excluding hydrogens is 300 g/mol. The lowest BCUT2D eigenvalue weighted by atomic mass is 10.2. The first-order valence-electron chi connectivity index (χ1n) is 6.73. The van der Waals surface area contributed by atoms with Crippen molar-refractivity contribution in [1.82, 2.24) is 0 Å². The Kier molecular flexibility index (Phi) is 5.49. The molecule has 0 aliphatic carbocycles. The Balaban J connectivity index is 1.85. The molecule has 5 heteroatoms. The highest BCUT2D eigenvalue weighted by Crippen LogP contribution is 2.10. The zero-order chi connectivity index (χ0) is 15.8. The van der Waals surface area contributed by atoms with Crippen LogP contribution in [0.15, 0.2) is 71.6 Å². The number of carbonyl (C=O) groups is 1. The van der Waals surface area contributed by atoms with Crippen LogP contribution in [-0.2, 0) is 19.4 Å². The standard InChI is InChI=1S/C17H16O4S/c18-17(14-22(19,20)16-11-5-2-6-12-16)21-13-7-10-15-8-3-1-4-9-15/h1-12H,13-14H2. The molecule has 0 amide bonds. The molecule has 2 aromatic carbocycles. The van der Waals surface area contributed by atoms with E-state index in [2.05, 4.69) is 0 Å². The molecule has 2 rings (SSSR count). The highest BCUT2D eigenvalue weighted by molar-refractivity contribution is 7.92. The molecule has 0 aliphatic rings. The van der Waals surface area contributed by atoms with Crippen molar-refractivity contribution < 1.29 is 17.9 Å². The van der Waals surface area contributed by atoms with Crippen molar-refractivity contribution >= 4 is 21.9 Å². The molecule has 0 fully saturated rings. The Morgan fingerprint density at radius 2 is 1.55 bits per heavy atom. The highest BCUT2D eigenvalue weighted by atomic mass is 32.2. The zero-order valence-electron chi connectivity index (χ0n) is 11.9. The topological polar surface area (TPSA) is 60.4 Å². The predicted octanol–water partition coefficient (Wildman–Crippen LogP) is 2.72. The number of rotatable bonds is 6. The average Bonchev–Trinajstić information content (AvgIpc) is 2.53. The van der Waals surface area contributed by atoms with Gasteiger partial charge in [-0.2, -0.15) is 0 Å². The van der Waals surface area contributed by atoms with E-state index in [1.54, 1.807) is 30.4 Å². The van der Waals surface area contributed by atoms with Gasteiger partial charge in [-0.25, -0.2) is 8.42 Å².